The number of hydrogen-bond donors (Lipinski definition) is 1. The zero-order valence-electron chi connectivity index (χ0n) is 14.9. The minimum Gasteiger partial charge on any atom is -0.377 e. The minimum absolute atomic E-state index is 0.0152. The second kappa shape index (κ2) is 8.27. The second-order valence-electron chi connectivity index (χ2n) is 6.70. The third-order valence-corrected chi connectivity index (χ3v) is 4.50. The molecule has 25 heavy (non-hydrogen) atoms. The van der Waals surface area contributed by atoms with E-state index in [1.807, 2.05) is 55.4 Å². The number of amides is 1. The van der Waals surface area contributed by atoms with E-state index in [0.29, 0.717) is 5.69 Å². The number of benzene rings is 1. The number of nitrogens with zero attached hydrogens (tertiary/aromatic N) is 3. The highest BCUT2D eigenvalue weighted by Crippen LogP contribution is 2.20. The molecule has 1 aliphatic heterocycles. The molecule has 134 valence electrons. The molecule has 1 N–H and O–H groups in total. The highest BCUT2D eigenvalue weighted by Gasteiger charge is 2.25. The summed E-state index contributed by atoms with van der Waals surface area (Å²) < 4.78 is 5.89. The summed E-state index contributed by atoms with van der Waals surface area (Å²) in [7, 11) is 4.08. The summed E-state index contributed by atoms with van der Waals surface area (Å²) in [5, 5.41) is 7.15. The standard InChI is InChI=1S/C19H26N4O2/c1-22(2)12-13-25-16-8-10-23(11-9-16)19(24)18-14-17(20-21-18)15-6-4-3-5-7-15/h3-7,14,16H,8-13H2,1-2H3,(H,20,21). The van der Waals surface area contributed by atoms with E-state index >= 15 is 0 Å². The highest BCUT2D eigenvalue weighted by atomic mass is 16.5. The molecule has 0 radical (unpaired) electrons. The van der Waals surface area contributed by atoms with Crippen molar-refractivity contribution in [2.75, 3.05) is 40.3 Å². The van der Waals surface area contributed by atoms with E-state index in [1.54, 1.807) is 0 Å². The molecule has 1 aromatic heterocycles. The number of nitrogens with one attached hydrogen (secondary N) is 1. The van der Waals surface area contributed by atoms with Crippen LogP contribution >= 0.6 is 0 Å². The summed E-state index contributed by atoms with van der Waals surface area (Å²) in [5.41, 5.74) is 2.35. The first-order valence-electron chi connectivity index (χ1n) is 8.80. The Kier molecular flexibility index (Phi) is 5.83. The lowest BCUT2D eigenvalue weighted by atomic mass is 10.1. The van der Waals surface area contributed by atoms with Crippen molar-refractivity contribution in [2.45, 2.75) is 18.9 Å². The SMILES string of the molecule is CN(C)CCOC1CCN(C(=O)c2cc(-c3ccccc3)n[nH]2)CC1. The lowest BCUT2D eigenvalue weighted by Crippen LogP contribution is -2.41. The van der Waals surface area contributed by atoms with Crippen LogP contribution in [0, 0.1) is 0 Å². The number of rotatable bonds is 6. The van der Waals surface area contributed by atoms with Crippen LogP contribution in [0.3, 0.4) is 0 Å². The fraction of sp³-hybridized carbons (Fsp3) is 0.474. The van der Waals surface area contributed by atoms with Gasteiger partial charge in [0.25, 0.3) is 5.91 Å². The summed E-state index contributed by atoms with van der Waals surface area (Å²) in [4.78, 5) is 16.7. The van der Waals surface area contributed by atoms with Gasteiger partial charge in [-0.1, -0.05) is 30.3 Å². The first-order valence-corrected chi connectivity index (χ1v) is 8.80. The molecule has 2 aromatic rings. The lowest BCUT2D eigenvalue weighted by molar-refractivity contribution is 0.00380. The predicted molar refractivity (Wildman–Crippen MR) is 97.5 cm³/mol. The number of piperidine rings is 1. The first kappa shape index (κ1) is 17.6. The Hall–Kier alpha value is -2.18. The topological polar surface area (TPSA) is 61.5 Å². The number of aromatic amines is 1. The van der Waals surface area contributed by atoms with E-state index in [9.17, 15) is 4.79 Å². The predicted octanol–water partition coefficient (Wildman–Crippen LogP) is 2.26. The quantitative estimate of drug-likeness (QED) is 0.875. The number of H-pyrrole nitrogens is 1. The molecule has 3 rings (SSSR count). The molecule has 1 amide bonds. The summed E-state index contributed by atoms with van der Waals surface area (Å²) in [6.07, 6.45) is 2.03. The molecule has 1 aromatic carbocycles. The number of likely N-dealkylation sites (N-methyl/N-ethyl adjacent to an activating group) is 1. The average Bonchev–Trinajstić information content (AvgIpc) is 3.12. The monoisotopic (exact) mass is 342 g/mol. The van der Waals surface area contributed by atoms with Gasteiger partial charge in [-0.25, -0.2) is 0 Å². The summed E-state index contributed by atoms with van der Waals surface area (Å²) >= 11 is 0. The van der Waals surface area contributed by atoms with Gasteiger partial charge in [-0.15, -0.1) is 0 Å². The maximum atomic E-state index is 12.7. The van der Waals surface area contributed by atoms with Gasteiger partial charge in [0.2, 0.25) is 0 Å². The molecule has 0 atom stereocenters. The molecule has 0 spiro atoms. The van der Waals surface area contributed by atoms with Crippen LogP contribution in [0.4, 0.5) is 0 Å². The van der Waals surface area contributed by atoms with Gasteiger partial charge in [-0.05, 0) is 33.0 Å². The fourth-order valence-corrected chi connectivity index (χ4v) is 2.99. The zero-order chi connectivity index (χ0) is 17.6. The van der Waals surface area contributed by atoms with Crippen molar-refractivity contribution in [3.8, 4) is 11.3 Å². The van der Waals surface area contributed by atoms with Gasteiger partial charge in [0.05, 0.1) is 18.4 Å². The Labute approximate surface area is 148 Å². The second-order valence-corrected chi connectivity index (χ2v) is 6.70. The van der Waals surface area contributed by atoms with Crippen LogP contribution in [0.25, 0.3) is 11.3 Å². The minimum atomic E-state index is 0.0152. The van der Waals surface area contributed by atoms with Crippen molar-refractivity contribution in [1.82, 2.24) is 20.0 Å². The van der Waals surface area contributed by atoms with Crippen LogP contribution in [0.15, 0.2) is 36.4 Å². The maximum absolute atomic E-state index is 12.7. The highest BCUT2D eigenvalue weighted by molar-refractivity contribution is 5.93. The van der Waals surface area contributed by atoms with Crippen LogP contribution in [0.2, 0.25) is 0 Å². The molecule has 1 aliphatic rings. The zero-order valence-corrected chi connectivity index (χ0v) is 14.9. The molecule has 6 nitrogen and oxygen atoms in total. The third-order valence-electron chi connectivity index (χ3n) is 4.50. The molecule has 1 fully saturated rings. The molecule has 0 unspecified atom stereocenters. The van der Waals surface area contributed by atoms with E-state index in [-0.39, 0.29) is 12.0 Å². The van der Waals surface area contributed by atoms with Gasteiger partial charge in [-0.3, -0.25) is 9.89 Å². The van der Waals surface area contributed by atoms with Crippen LogP contribution in [-0.2, 0) is 4.74 Å². The molecule has 2 heterocycles. The van der Waals surface area contributed by atoms with E-state index in [2.05, 4.69) is 15.1 Å². The number of carbonyl (C=O) groups is 1. The van der Waals surface area contributed by atoms with Crippen LogP contribution in [-0.4, -0.2) is 72.3 Å². The molecule has 0 saturated carbocycles. The normalized spacial score (nSPS) is 15.7. The Morgan fingerprint density at radius 3 is 2.68 bits per heavy atom. The first-order chi connectivity index (χ1) is 12.1. The molecular formula is C19H26N4O2. The van der Waals surface area contributed by atoms with Crippen molar-refractivity contribution >= 4 is 5.91 Å². The van der Waals surface area contributed by atoms with Crippen molar-refractivity contribution in [1.29, 1.82) is 0 Å². The summed E-state index contributed by atoms with van der Waals surface area (Å²) in [5.74, 6) is 0.0152. The number of aromatic nitrogens is 2. The smallest absolute Gasteiger partial charge is 0.271 e. The molecule has 6 heteroatoms. The maximum Gasteiger partial charge on any atom is 0.271 e. The van der Waals surface area contributed by atoms with Crippen LogP contribution < -0.4 is 0 Å². The summed E-state index contributed by atoms with van der Waals surface area (Å²) in [6.45, 7) is 3.12. The number of hydrogen-bond acceptors (Lipinski definition) is 4. The summed E-state index contributed by atoms with van der Waals surface area (Å²) in [6, 6.07) is 11.7. The Morgan fingerprint density at radius 2 is 2.00 bits per heavy atom. The van der Waals surface area contributed by atoms with E-state index in [4.69, 9.17) is 4.74 Å². The van der Waals surface area contributed by atoms with Crippen molar-refractivity contribution in [3.05, 3.63) is 42.1 Å². The van der Waals surface area contributed by atoms with Gasteiger partial charge >= 0.3 is 0 Å². The van der Waals surface area contributed by atoms with Gasteiger partial charge in [0.15, 0.2) is 0 Å². The third kappa shape index (κ3) is 4.67. The molecule has 1 saturated heterocycles. The van der Waals surface area contributed by atoms with Crippen molar-refractivity contribution < 1.29 is 9.53 Å². The van der Waals surface area contributed by atoms with Gasteiger partial charge < -0.3 is 14.5 Å². The average molecular weight is 342 g/mol. The van der Waals surface area contributed by atoms with Crippen LogP contribution in [0.1, 0.15) is 23.3 Å². The van der Waals surface area contributed by atoms with Crippen molar-refractivity contribution in [2.24, 2.45) is 0 Å². The fourth-order valence-electron chi connectivity index (χ4n) is 2.99. The molecule has 0 aliphatic carbocycles. The van der Waals surface area contributed by atoms with Gasteiger partial charge in [0, 0.05) is 25.2 Å². The van der Waals surface area contributed by atoms with E-state index in [1.165, 1.54) is 0 Å². The van der Waals surface area contributed by atoms with E-state index in [0.717, 1.165) is 50.3 Å². The van der Waals surface area contributed by atoms with Gasteiger partial charge in [0.1, 0.15) is 5.69 Å². The Morgan fingerprint density at radius 1 is 1.28 bits per heavy atom. The van der Waals surface area contributed by atoms with Crippen LogP contribution in [0.5, 0.6) is 0 Å². The Balaban J connectivity index is 1.52. The number of carbonyl (C=O) groups excluding carboxylic acids is 1. The van der Waals surface area contributed by atoms with Crippen molar-refractivity contribution in [3.63, 3.8) is 0 Å². The number of ether oxygens (including phenoxy) is 1. The Bertz CT molecular complexity index is 676. The molecule has 0 bridgehead atoms. The largest absolute Gasteiger partial charge is 0.377 e. The molecular weight excluding hydrogens is 316 g/mol. The lowest BCUT2D eigenvalue weighted by Gasteiger charge is -2.31. The van der Waals surface area contributed by atoms with Gasteiger partial charge in [-0.2, -0.15) is 5.10 Å². The van der Waals surface area contributed by atoms with E-state index < -0.39 is 0 Å². The number of likely N-dealkylation sites (tertiary alicyclic amines) is 1.